The number of hydrogen-bond acceptors (Lipinski definition) is 0. The molecule has 1 aromatic rings. The molecule has 1 aliphatic heterocycles. The van der Waals surface area contributed by atoms with E-state index in [0.29, 0.717) is 11.5 Å². The second kappa shape index (κ2) is 9.75. The van der Waals surface area contributed by atoms with Crippen molar-refractivity contribution in [2.45, 2.75) is 75.9 Å². The van der Waals surface area contributed by atoms with Crippen molar-refractivity contribution in [1.82, 2.24) is 0 Å². The molecule has 0 aromatic heterocycles. The summed E-state index contributed by atoms with van der Waals surface area (Å²) in [6.45, 7) is 2.35. The second-order valence-corrected chi connectivity index (χ2v) is 12.8. The maximum absolute atomic E-state index is 13.8. The molecule has 1 saturated carbocycles. The van der Waals surface area contributed by atoms with Crippen LogP contribution in [0.3, 0.4) is 0 Å². The van der Waals surface area contributed by atoms with Gasteiger partial charge in [-0.1, -0.05) is 91.8 Å². The summed E-state index contributed by atoms with van der Waals surface area (Å²) in [7, 11) is -0.354. The van der Waals surface area contributed by atoms with Crippen LogP contribution in [-0.2, 0) is 0 Å². The Morgan fingerprint density at radius 1 is 0.962 bits per heavy atom. The summed E-state index contributed by atoms with van der Waals surface area (Å²) >= 11 is 11.1. The highest BCUT2D eigenvalue weighted by molar-refractivity contribution is 6.59. The lowest BCUT2D eigenvalue weighted by Crippen LogP contribution is -2.28. The van der Waals surface area contributed by atoms with E-state index in [4.69, 9.17) is 23.2 Å². The molecule has 4 heteroatoms. The molecule has 1 aromatic carbocycles. The minimum absolute atomic E-state index is 0.296. The zero-order valence-electron chi connectivity index (χ0n) is 15.8. The zero-order chi connectivity index (χ0) is 18.5. The maximum Gasteiger partial charge on any atom is 0.160 e. The monoisotopic (exact) mass is 412 g/mol. The van der Waals surface area contributed by atoms with Crippen LogP contribution in [0.15, 0.2) is 28.8 Å². The fourth-order valence-corrected chi connectivity index (χ4v) is 8.99. The van der Waals surface area contributed by atoms with Crippen LogP contribution < -0.4 is 0 Å². The highest BCUT2D eigenvalue weighted by Crippen LogP contribution is 2.43. The molecule has 0 amide bonds. The van der Waals surface area contributed by atoms with Crippen LogP contribution in [-0.4, -0.2) is 8.80 Å². The Kier molecular flexibility index (Phi) is 7.66. The molecular formula is C22H31Cl2FSi. The normalized spacial score (nSPS) is 29.4. The minimum atomic E-state index is -0.536. The van der Waals surface area contributed by atoms with Gasteiger partial charge in [-0.2, -0.15) is 0 Å². The van der Waals surface area contributed by atoms with Crippen molar-refractivity contribution in [3.05, 3.63) is 39.9 Å². The van der Waals surface area contributed by atoms with Gasteiger partial charge in [0.2, 0.25) is 0 Å². The van der Waals surface area contributed by atoms with Gasteiger partial charge >= 0.3 is 0 Å². The third-order valence-electron chi connectivity index (χ3n) is 6.83. The largest absolute Gasteiger partial charge is 0.204 e. The van der Waals surface area contributed by atoms with Crippen LogP contribution >= 0.6 is 23.2 Å². The molecule has 2 aliphatic rings. The van der Waals surface area contributed by atoms with E-state index in [1.807, 2.05) is 0 Å². The van der Waals surface area contributed by atoms with Crippen molar-refractivity contribution in [1.29, 1.82) is 0 Å². The van der Waals surface area contributed by atoms with Gasteiger partial charge in [-0.25, -0.2) is 4.39 Å². The number of benzene rings is 1. The average Bonchev–Trinajstić information content (AvgIpc) is 2.68. The van der Waals surface area contributed by atoms with Crippen LogP contribution in [0.1, 0.15) is 68.9 Å². The first-order chi connectivity index (χ1) is 12.6. The molecule has 1 aliphatic carbocycles. The van der Waals surface area contributed by atoms with Gasteiger partial charge in [0.25, 0.3) is 0 Å². The van der Waals surface area contributed by atoms with Crippen LogP contribution in [0.25, 0.3) is 5.83 Å². The summed E-state index contributed by atoms with van der Waals surface area (Å²) in [5.74, 6) is 2.05. The predicted molar refractivity (Wildman–Crippen MR) is 115 cm³/mol. The lowest BCUT2D eigenvalue weighted by Gasteiger charge is -2.37. The van der Waals surface area contributed by atoms with Gasteiger partial charge < -0.3 is 0 Å². The first kappa shape index (κ1) is 20.4. The minimum Gasteiger partial charge on any atom is -0.204 e. The van der Waals surface area contributed by atoms with E-state index < -0.39 is 5.83 Å². The smallest absolute Gasteiger partial charge is 0.160 e. The molecule has 26 heavy (non-hydrogen) atoms. The molecular weight excluding hydrogens is 382 g/mol. The first-order valence-corrected chi connectivity index (χ1v) is 13.6. The van der Waals surface area contributed by atoms with Crippen LogP contribution in [0, 0.1) is 11.8 Å². The Hall–Kier alpha value is -0.313. The molecule has 0 bridgehead atoms. The van der Waals surface area contributed by atoms with E-state index >= 15 is 0 Å². The van der Waals surface area contributed by atoms with Crippen molar-refractivity contribution in [2.75, 3.05) is 0 Å². The van der Waals surface area contributed by atoms with Gasteiger partial charge in [-0.3, -0.25) is 0 Å². The Balaban J connectivity index is 1.50. The lowest BCUT2D eigenvalue weighted by molar-refractivity contribution is 0.216. The Bertz CT molecular complexity index is 593. The van der Waals surface area contributed by atoms with Crippen molar-refractivity contribution in [3.63, 3.8) is 0 Å². The molecule has 1 saturated heterocycles. The Morgan fingerprint density at radius 2 is 1.54 bits per heavy atom. The van der Waals surface area contributed by atoms with E-state index in [1.54, 1.807) is 30.3 Å². The fourth-order valence-electron chi connectivity index (χ4n) is 5.29. The van der Waals surface area contributed by atoms with Gasteiger partial charge in [-0.15, -0.1) is 0 Å². The standard InChI is InChI=1S/C22H31Cl2FSi/c1-2-13-26-14-11-19(12-15-26)18-5-3-16(4-6-18)17-7-9-20(10-8-17)21(25)22(23)24/h7-10,16,18-19,26H,2-6,11-15H2,1H3. The van der Waals surface area contributed by atoms with Crippen molar-refractivity contribution < 1.29 is 4.39 Å². The van der Waals surface area contributed by atoms with Gasteiger partial charge in [0.15, 0.2) is 5.83 Å². The van der Waals surface area contributed by atoms with E-state index in [1.165, 1.54) is 50.5 Å². The summed E-state index contributed by atoms with van der Waals surface area (Å²) in [5.41, 5.74) is 1.81. The second-order valence-electron chi connectivity index (χ2n) is 8.38. The van der Waals surface area contributed by atoms with Crippen molar-refractivity contribution >= 4 is 37.8 Å². The molecule has 0 atom stereocenters. The van der Waals surface area contributed by atoms with E-state index in [2.05, 4.69) is 19.1 Å². The molecule has 0 nitrogen and oxygen atoms in total. The quantitative estimate of drug-likeness (QED) is 0.428. The highest BCUT2D eigenvalue weighted by Gasteiger charge is 2.31. The van der Waals surface area contributed by atoms with Crippen LogP contribution in [0.4, 0.5) is 4.39 Å². The molecule has 2 fully saturated rings. The summed E-state index contributed by atoms with van der Waals surface area (Å²) < 4.78 is 13.5. The third-order valence-corrected chi connectivity index (χ3v) is 10.9. The SMILES string of the molecule is CCC[SiH]1CCC(C2CCC(c3ccc(C(F)=C(Cl)Cl)cc3)CC2)CC1. The lowest BCUT2D eigenvalue weighted by atomic mass is 9.72. The number of halogens is 3. The third kappa shape index (κ3) is 5.14. The summed E-state index contributed by atoms with van der Waals surface area (Å²) in [4.78, 5) is 0. The highest BCUT2D eigenvalue weighted by atomic mass is 35.5. The van der Waals surface area contributed by atoms with E-state index in [0.717, 1.165) is 11.8 Å². The van der Waals surface area contributed by atoms with Crippen molar-refractivity contribution in [2.24, 2.45) is 11.8 Å². The molecule has 0 N–H and O–H groups in total. The summed E-state index contributed by atoms with van der Waals surface area (Å²) in [6, 6.07) is 12.5. The van der Waals surface area contributed by atoms with Crippen LogP contribution in [0.2, 0.25) is 18.1 Å². The predicted octanol–water partition coefficient (Wildman–Crippen LogP) is 8.08. The topological polar surface area (TPSA) is 0 Å². The molecule has 1 heterocycles. The maximum atomic E-state index is 13.8. The van der Waals surface area contributed by atoms with E-state index in [9.17, 15) is 4.39 Å². The van der Waals surface area contributed by atoms with Gasteiger partial charge in [0.05, 0.1) is 0 Å². The zero-order valence-corrected chi connectivity index (χ0v) is 18.5. The number of hydrogen-bond donors (Lipinski definition) is 0. The van der Waals surface area contributed by atoms with E-state index in [-0.39, 0.29) is 13.3 Å². The molecule has 3 rings (SSSR count). The van der Waals surface area contributed by atoms with Crippen LogP contribution in [0.5, 0.6) is 0 Å². The van der Waals surface area contributed by atoms with Crippen molar-refractivity contribution in [3.8, 4) is 0 Å². The molecule has 0 radical (unpaired) electrons. The molecule has 144 valence electrons. The van der Waals surface area contributed by atoms with Gasteiger partial charge in [-0.05, 0) is 49.0 Å². The van der Waals surface area contributed by atoms with Gasteiger partial charge in [0, 0.05) is 14.4 Å². The van der Waals surface area contributed by atoms with Gasteiger partial charge in [0.1, 0.15) is 4.49 Å². The number of rotatable bonds is 5. The fraction of sp³-hybridized carbons (Fsp3) is 0.636. The molecule has 0 spiro atoms. The Morgan fingerprint density at radius 3 is 2.08 bits per heavy atom. The Labute approximate surface area is 169 Å². The average molecular weight is 413 g/mol. The summed E-state index contributed by atoms with van der Waals surface area (Å²) in [6.07, 6.45) is 9.76. The first-order valence-electron chi connectivity index (χ1n) is 10.4. The summed E-state index contributed by atoms with van der Waals surface area (Å²) in [5, 5.41) is 0. The molecule has 0 unspecified atom stereocenters.